The van der Waals surface area contributed by atoms with Crippen molar-refractivity contribution in [3.63, 3.8) is 0 Å². The fourth-order valence-corrected chi connectivity index (χ4v) is 3.72. The molecular weight excluding hydrogens is 357 g/mol. The average molecular weight is 377 g/mol. The van der Waals surface area contributed by atoms with Crippen molar-refractivity contribution in [2.45, 2.75) is 31.2 Å². The molecule has 0 radical (unpaired) electrons. The minimum Gasteiger partial charge on any atom is -0.359 e. The molecule has 0 aromatic heterocycles. The Labute approximate surface area is 151 Å². The van der Waals surface area contributed by atoms with Crippen LogP contribution in [0.1, 0.15) is 18.1 Å². The first kappa shape index (κ1) is 18.3. The number of nitrogens with one attached hydrogen (secondary N) is 1. The van der Waals surface area contributed by atoms with Crippen LogP contribution in [0.3, 0.4) is 0 Å². The van der Waals surface area contributed by atoms with E-state index in [1.54, 1.807) is 25.1 Å². The lowest BCUT2D eigenvalue weighted by Gasteiger charge is -2.24. The van der Waals surface area contributed by atoms with E-state index in [1.807, 2.05) is 11.8 Å². The second kappa shape index (κ2) is 6.69. The Kier molecular flexibility index (Phi) is 4.72. The van der Waals surface area contributed by atoms with Crippen LogP contribution in [-0.4, -0.2) is 26.9 Å². The van der Waals surface area contributed by atoms with Gasteiger partial charge in [-0.2, -0.15) is 0 Å². The molecule has 0 spiro atoms. The van der Waals surface area contributed by atoms with Crippen LogP contribution < -0.4 is 15.4 Å². The van der Waals surface area contributed by atoms with E-state index >= 15 is 0 Å². The zero-order valence-electron chi connectivity index (χ0n) is 14.5. The molecule has 0 saturated carbocycles. The summed E-state index contributed by atoms with van der Waals surface area (Å²) in [6, 6.07) is 9.24. The SMILES string of the molecule is Cc1ccc(NC(=O)CN2c3ccc(S(N)(=O)=O)cc3C[C@@H]2C)c(F)c1. The van der Waals surface area contributed by atoms with Crippen LogP contribution in [0.2, 0.25) is 0 Å². The van der Waals surface area contributed by atoms with Gasteiger partial charge in [-0.25, -0.2) is 17.9 Å². The lowest BCUT2D eigenvalue weighted by Crippen LogP contribution is -2.37. The number of benzene rings is 2. The monoisotopic (exact) mass is 377 g/mol. The number of rotatable bonds is 4. The summed E-state index contributed by atoms with van der Waals surface area (Å²) in [6.45, 7) is 3.75. The number of sulfonamides is 1. The Hall–Kier alpha value is -2.45. The number of carbonyl (C=O) groups is 1. The summed E-state index contributed by atoms with van der Waals surface area (Å²) in [5.74, 6) is -0.825. The third-order valence-corrected chi connectivity index (χ3v) is 5.36. The molecule has 1 aliphatic heterocycles. The van der Waals surface area contributed by atoms with Crippen molar-refractivity contribution in [2.75, 3.05) is 16.8 Å². The van der Waals surface area contributed by atoms with E-state index < -0.39 is 15.8 Å². The van der Waals surface area contributed by atoms with E-state index in [0.717, 1.165) is 16.8 Å². The van der Waals surface area contributed by atoms with Crippen LogP contribution in [0.5, 0.6) is 0 Å². The molecule has 0 fully saturated rings. The van der Waals surface area contributed by atoms with Gasteiger partial charge < -0.3 is 10.2 Å². The minimum absolute atomic E-state index is 0.00865. The van der Waals surface area contributed by atoms with Crippen LogP contribution in [0, 0.1) is 12.7 Å². The molecule has 1 atom stereocenters. The molecule has 2 aromatic carbocycles. The van der Waals surface area contributed by atoms with Gasteiger partial charge in [0, 0.05) is 11.7 Å². The maximum Gasteiger partial charge on any atom is 0.243 e. The Morgan fingerprint density at radius 1 is 1.31 bits per heavy atom. The van der Waals surface area contributed by atoms with Gasteiger partial charge in [-0.1, -0.05) is 6.07 Å². The van der Waals surface area contributed by atoms with Crippen LogP contribution in [-0.2, 0) is 21.2 Å². The number of hydrogen-bond acceptors (Lipinski definition) is 4. The average Bonchev–Trinajstić information content (AvgIpc) is 2.84. The van der Waals surface area contributed by atoms with Crippen molar-refractivity contribution in [3.8, 4) is 0 Å². The van der Waals surface area contributed by atoms with Crippen molar-refractivity contribution in [3.05, 3.63) is 53.3 Å². The summed E-state index contributed by atoms with van der Waals surface area (Å²) in [4.78, 5) is 14.3. The molecular formula is C18H20FN3O3S. The third-order valence-electron chi connectivity index (χ3n) is 4.45. The number of nitrogens with zero attached hydrogens (tertiary/aromatic N) is 1. The first-order chi connectivity index (χ1) is 12.1. The van der Waals surface area contributed by atoms with Gasteiger partial charge >= 0.3 is 0 Å². The van der Waals surface area contributed by atoms with Gasteiger partial charge in [-0.15, -0.1) is 0 Å². The number of aryl methyl sites for hydroxylation is 1. The second-order valence-corrected chi connectivity index (χ2v) is 8.11. The van der Waals surface area contributed by atoms with Gasteiger partial charge in [0.15, 0.2) is 0 Å². The predicted octanol–water partition coefficient (Wildman–Crippen LogP) is 2.17. The van der Waals surface area contributed by atoms with Gasteiger partial charge in [-0.3, -0.25) is 4.79 Å². The molecule has 1 aliphatic rings. The highest BCUT2D eigenvalue weighted by molar-refractivity contribution is 7.89. The largest absolute Gasteiger partial charge is 0.359 e. The van der Waals surface area contributed by atoms with Gasteiger partial charge in [0.25, 0.3) is 0 Å². The molecule has 0 unspecified atom stereocenters. The normalized spacial score (nSPS) is 16.5. The van der Waals surface area contributed by atoms with Gasteiger partial charge in [0.2, 0.25) is 15.9 Å². The van der Waals surface area contributed by atoms with E-state index in [1.165, 1.54) is 18.2 Å². The summed E-state index contributed by atoms with van der Waals surface area (Å²) < 4.78 is 36.9. The van der Waals surface area contributed by atoms with Crippen LogP contribution in [0.25, 0.3) is 0 Å². The van der Waals surface area contributed by atoms with Crippen molar-refractivity contribution in [2.24, 2.45) is 5.14 Å². The van der Waals surface area contributed by atoms with Crippen molar-refractivity contribution < 1.29 is 17.6 Å². The maximum absolute atomic E-state index is 13.9. The van der Waals surface area contributed by atoms with E-state index in [-0.39, 0.29) is 29.1 Å². The van der Waals surface area contributed by atoms with Crippen LogP contribution in [0.4, 0.5) is 15.8 Å². The zero-order valence-corrected chi connectivity index (χ0v) is 15.3. The molecule has 2 aromatic rings. The number of primary sulfonamides is 1. The highest BCUT2D eigenvalue weighted by Gasteiger charge is 2.28. The number of amides is 1. The molecule has 6 nitrogen and oxygen atoms in total. The molecule has 3 rings (SSSR count). The Morgan fingerprint density at radius 2 is 2.04 bits per heavy atom. The molecule has 138 valence electrons. The lowest BCUT2D eigenvalue weighted by atomic mass is 10.1. The quantitative estimate of drug-likeness (QED) is 0.854. The Morgan fingerprint density at radius 3 is 2.69 bits per heavy atom. The van der Waals surface area contributed by atoms with E-state index in [0.29, 0.717) is 6.42 Å². The first-order valence-electron chi connectivity index (χ1n) is 8.13. The predicted molar refractivity (Wildman–Crippen MR) is 98.1 cm³/mol. The Bertz CT molecular complexity index is 976. The highest BCUT2D eigenvalue weighted by atomic mass is 32.2. The summed E-state index contributed by atoms with van der Waals surface area (Å²) in [5, 5.41) is 7.75. The number of fused-ring (bicyclic) bond motifs is 1. The molecule has 0 aliphatic carbocycles. The zero-order chi connectivity index (χ0) is 19.1. The molecule has 8 heteroatoms. The topological polar surface area (TPSA) is 92.5 Å². The molecule has 3 N–H and O–H groups in total. The molecule has 0 saturated heterocycles. The third kappa shape index (κ3) is 3.71. The second-order valence-electron chi connectivity index (χ2n) is 6.55. The lowest BCUT2D eigenvalue weighted by molar-refractivity contribution is -0.115. The number of hydrogen-bond donors (Lipinski definition) is 2. The van der Waals surface area contributed by atoms with E-state index in [2.05, 4.69) is 5.32 Å². The number of carbonyl (C=O) groups excluding carboxylic acids is 1. The standard InChI is InChI=1S/C18H20FN3O3S/c1-11-3-5-16(15(19)7-11)21-18(23)10-22-12(2)8-13-9-14(26(20,24)25)4-6-17(13)22/h3-7,9,12H,8,10H2,1-2H3,(H,21,23)(H2,20,24,25)/t12-/m0/s1. The molecule has 26 heavy (non-hydrogen) atoms. The van der Waals surface area contributed by atoms with Crippen LogP contribution in [0.15, 0.2) is 41.3 Å². The van der Waals surface area contributed by atoms with E-state index in [9.17, 15) is 17.6 Å². The number of halogens is 1. The fraction of sp³-hybridized carbons (Fsp3) is 0.278. The Balaban J connectivity index is 1.78. The molecule has 1 amide bonds. The summed E-state index contributed by atoms with van der Waals surface area (Å²) in [5.41, 5.74) is 2.51. The first-order valence-corrected chi connectivity index (χ1v) is 9.68. The molecule has 1 heterocycles. The maximum atomic E-state index is 13.9. The highest BCUT2D eigenvalue weighted by Crippen LogP contribution is 2.33. The van der Waals surface area contributed by atoms with E-state index in [4.69, 9.17) is 5.14 Å². The summed E-state index contributed by atoms with van der Waals surface area (Å²) in [6.07, 6.45) is 0.602. The van der Waals surface area contributed by atoms with Crippen molar-refractivity contribution >= 4 is 27.3 Å². The summed E-state index contributed by atoms with van der Waals surface area (Å²) >= 11 is 0. The van der Waals surface area contributed by atoms with Crippen molar-refractivity contribution in [1.82, 2.24) is 0 Å². The number of nitrogens with two attached hydrogens (primary N) is 1. The smallest absolute Gasteiger partial charge is 0.243 e. The van der Waals surface area contributed by atoms with Crippen molar-refractivity contribution in [1.29, 1.82) is 0 Å². The van der Waals surface area contributed by atoms with Crippen LogP contribution >= 0.6 is 0 Å². The van der Waals surface area contributed by atoms with Gasteiger partial charge in [0.1, 0.15) is 5.82 Å². The fourth-order valence-electron chi connectivity index (χ4n) is 3.16. The van der Waals surface area contributed by atoms with Gasteiger partial charge in [0.05, 0.1) is 17.1 Å². The number of anilines is 2. The molecule has 0 bridgehead atoms. The minimum atomic E-state index is -3.77. The summed E-state index contributed by atoms with van der Waals surface area (Å²) in [7, 11) is -3.77. The van der Waals surface area contributed by atoms with Gasteiger partial charge in [-0.05, 0) is 61.7 Å².